The Labute approximate surface area is 224 Å². The third-order valence-corrected chi connectivity index (χ3v) is 7.46. The number of rotatable bonds is 5. The normalized spacial score (nSPS) is 14.2. The lowest BCUT2D eigenvalue weighted by atomic mass is 9.88. The van der Waals surface area contributed by atoms with E-state index >= 15 is 0 Å². The Kier molecular flexibility index (Phi) is 5.81. The molecule has 0 saturated heterocycles. The molecule has 1 saturated carbocycles. The van der Waals surface area contributed by atoms with Gasteiger partial charge in [-0.2, -0.15) is 5.10 Å². The number of hydrogen-bond acceptors (Lipinski definition) is 6. The molecule has 9 nitrogen and oxygen atoms in total. The first-order chi connectivity index (χ1) is 19.2. The van der Waals surface area contributed by atoms with Gasteiger partial charge in [0.15, 0.2) is 11.5 Å². The van der Waals surface area contributed by atoms with E-state index in [1.165, 1.54) is 6.42 Å². The van der Waals surface area contributed by atoms with Crippen LogP contribution in [0, 0.1) is 5.92 Å². The molecule has 192 valence electrons. The molecule has 1 aliphatic rings. The number of carbonyl (C=O) groups is 1. The van der Waals surface area contributed by atoms with Gasteiger partial charge in [-0.05, 0) is 48.7 Å². The largest absolute Gasteiger partial charge is 0.324 e. The fourth-order valence-electron chi connectivity index (χ4n) is 5.43. The fourth-order valence-corrected chi connectivity index (χ4v) is 5.43. The van der Waals surface area contributed by atoms with Gasteiger partial charge in [0, 0.05) is 52.8 Å². The zero-order chi connectivity index (χ0) is 26.2. The predicted octanol–water partition coefficient (Wildman–Crippen LogP) is 6.14. The van der Waals surface area contributed by atoms with Gasteiger partial charge in [-0.3, -0.25) is 19.9 Å². The van der Waals surface area contributed by atoms with Gasteiger partial charge in [0.05, 0.1) is 17.4 Å². The summed E-state index contributed by atoms with van der Waals surface area (Å²) in [6, 6.07) is 13.9. The minimum atomic E-state index is 0.0872. The lowest BCUT2D eigenvalue weighted by Crippen LogP contribution is -2.24. The van der Waals surface area contributed by atoms with Crippen molar-refractivity contribution >= 4 is 33.7 Å². The Bertz CT molecular complexity index is 1800. The molecular weight excluding hydrogens is 488 g/mol. The number of benzene rings is 1. The second-order valence-electron chi connectivity index (χ2n) is 10.0. The number of fused-ring (bicyclic) bond motifs is 2. The molecule has 0 unspecified atom stereocenters. The summed E-state index contributed by atoms with van der Waals surface area (Å²) in [7, 11) is 0. The van der Waals surface area contributed by atoms with E-state index in [-0.39, 0.29) is 11.8 Å². The molecule has 7 rings (SSSR count). The lowest BCUT2D eigenvalue weighted by molar-refractivity contribution is -0.120. The zero-order valence-corrected chi connectivity index (χ0v) is 21.2. The van der Waals surface area contributed by atoms with Crippen molar-refractivity contribution in [2.24, 2.45) is 5.92 Å². The average molecular weight is 515 g/mol. The second-order valence-corrected chi connectivity index (χ2v) is 10.0. The van der Waals surface area contributed by atoms with Crippen molar-refractivity contribution in [1.82, 2.24) is 35.1 Å². The number of nitrogens with one attached hydrogen (secondary N) is 3. The monoisotopic (exact) mass is 514 g/mol. The number of aromatic nitrogens is 7. The van der Waals surface area contributed by atoms with Crippen LogP contribution in [0.15, 0.2) is 73.4 Å². The van der Waals surface area contributed by atoms with Gasteiger partial charge >= 0.3 is 0 Å². The van der Waals surface area contributed by atoms with Gasteiger partial charge in [0.1, 0.15) is 11.2 Å². The first-order valence-electron chi connectivity index (χ1n) is 13.2. The summed E-state index contributed by atoms with van der Waals surface area (Å²) in [5, 5.41) is 11.7. The van der Waals surface area contributed by atoms with E-state index in [2.05, 4.69) is 41.5 Å². The van der Waals surface area contributed by atoms with E-state index in [0.717, 1.165) is 64.4 Å². The highest BCUT2D eigenvalue weighted by atomic mass is 16.1. The minimum absolute atomic E-state index is 0.0872. The van der Waals surface area contributed by atoms with Crippen molar-refractivity contribution in [3.8, 4) is 33.8 Å². The highest BCUT2D eigenvalue weighted by Gasteiger charge is 2.21. The van der Waals surface area contributed by atoms with E-state index in [9.17, 15) is 4.79 Å². The van der Waals surface area contributed by atoms with Gasteiger partial charge in [-0.25, -0.2) is 9.97 Å². The third-order valence-electron chi connectivity index (χ3n) is 7.46. The number of nitrogens with zero attached hydrogens (tertiary/aromatic N) is 5. The summed E-state index contributed by atoms with van der Waals surface area (Å²) in [6.45, 7) is 0. The summed E-state index contributed by atoms with van der Waals surface area (Å²) >= 11 is 0. The molecule has 0 atom stereocenters. The van der Waals surface area contributed by atoms with Crippen molar-refractivity contribution in [1.29, 1.82) is 0 Å². The number of imidazole rings is 1. The van der Waals surface area contributed by atoms with Crippen LogP contribution in [-0.4, -0.2) is 41.0 Å². The van der Waals surface area contributed by atoms with Crippen LogP contribution in [0.2, 0.25) is 0 Å². The molecule has 5 aromatic heterocycles. The molecular formula is C30H26N8O. The number of anilines is 1. The number of carbonyl (C=O) groups excluding carboxylic acids is 1. The van der Waals surface area contributed by atoms with Crippen molar-refractivity contribution in [2.45, 2.75) is 32.1 Å². The predicted molar refractivity (Wildman–Crippen MR) is 151 cm³/mol. The summed E-state index contributed by atoms with van der Waals surface area (Å²) < 4.78 is 0. The van der Waals surface area contributed by atoms with E-state index in [1.807, 2.05) is 48.8 Å². The van der Waals surface area contributed by atoms with Crippen LogP contribution >= 0.6 is 0 Å². The van der Waals surface area contributed by atoms with Gasteiger partial charge in [-0.1, -0.05) is 31.4 Å². The standard InChI is InChI=1S/C30H26N8O/c39-30(18-5-2-1-3-6-18)34-22-13-21(16-32-17-22)19-8-9-25-24(14-19)27(38-37-25)29-35-26-23(10-12-33-28(26)36-29)20-7-4-11-31-15-20/h4,7-18H,1-3,5-6H2,(H,34,39)(H,37,38)(H,33,35,36). The first-order valence-corrected chi connectivity index (χ1v) is 13.2. The van der Waals surface area contributed by atoms with Crippen molar-refractivity contribution in [3.05, 3.63) is 73.4 Å². The molecule has 1 aromatic carbocycles. The molecule has 0 spiro atoms. The molecule has 0 bridgehead atoms. The Morgan fingerprint density at radius 2 is 1.79 bits per heavy atom. The van der Waals surface area contributed by atoms with Crippen LogP contribution in [-0.2, 0) is 4.79 Å². The fraction of sp³-hybridized carbons (Fsp3) is 0.200. The van der Waals surface area contributed by atoms with Crippen LogP contribution in [0.4, 0.5) is 5.69 Å². The Morgan fingerprint density at radius 3 is 2.67 bits per heavy atom. The number of amides is 1. The van der Waals surface area contributed by atoms with Crippen LogP contribution in [0.3, 0.4) is 0 Å². The van der Waals surface area contributed by atoms with Gasteiger partial charge in [0.2, 0.25) is 5.91 Å². The summed E-state index contributed by atoms with van der Waals surface area (Å²) in [4.78, 5) is 34.1. The zero-order valence-electron chi connectivity index (χ0n) is 21.2. The Morgan fingerprint density at radius 1 is 0.897 bits per heavy atom. The Balaban J connectivity index is 1.23. The highest BCUT2D eigenvalue weighted by Crippen LogP contribution is 2.33. The van der Waals surface area contributed by atoms with Gasteiger partial charge < -0.3 is 10.3 Å². The van der Waals surface area contributed by atoms with Crippen molar-refractivity contribution in [3.63, 3.8) is 0 Å². The van der Waals surface area contributed by atoms with Crippen LogP contribution in [0.5, 0.6) is 0 Å². The summed E-state index contributed by atoms with van der Waals surface area (Å²) in [5.74, 6) is 0.804. The first kappa shape index (κ1) is 23.2. The topological polar surface area (TPSA) is 125 Å². The smallest absolute Gasteiger partial charge is 0.227 e. The molecule has 9 heteroatoms. The molecule has 1 amide bonds. The van der Waals surface area contributed by atoms with Crippen molar-refractivity contribution in [2.75, 3.05) is 5.32 Å². The van der Waals surface area contributed by atoms with Crippen LogP contribution in [0.25, 0.3) is 55.8 Å². The summed E-state index contributed by atoms with van der Waals surface area (Å²) in [6.07, 6.45) is 14.2. The van der Waals surface area contributed by atoms with E-state index < -0.39 is 0 Å². The number of hydrogen-bond donors (Lipinski definition) is 3. The molecule has 1 aliphatic carbocycles. The van der Waals surface area contributed by atoms with Crippen LogP contribution < -0.4 is 5.32 Å². The average Bonchev–Trinajstić information content (AvgIpc) is 3.62. The molecule has 5 heterocycles. The van der Waals surface area contributed by atoms with Crippen molar-refractivity contribution < 1.29 is 4.79 Å². The van der Waals surface area contributed by atoms with E-state index in [0.29, 0.717) is 22.9 Å². The summed E-state index contributed by atoms with van der Waals surface area (Å²) in [5.41, 5.74) is 7.56. The van der Waals surface area contributed by atoms with Gasteiger partial charge in [0.25, 0.3) is 0 Å². The lowest BCUT2D eigenvalue weighted by Gasteiger charge is -2.20. The van der Waals surface area contributed by atoms with Crippen LogP contribution in [0.1, 0.15) is 32.1 Å². The molecule has 0 radical (unpaired) electrons. The highest BCUT2D eigenvalue weighted by molar-refractivity contribution is 5.98. The molecule has 3 N–H and O–H groups in total. The molecule has 39 heavy (non-hydrogen) atoms. The number of pyridine rings is 3. The minimum Gasteiger partial charge on any atom is -0.324 e. The number of H-pyrrole nitrogens is 2. The van der Waals surface area contributed by atoms with E-state index in [1.54, 1.807) is 18.6 Å². The third kappa shape index (κ3) is 4.41. The Hall–Kier alpha value is -4.92. The maximum atomic E-state index is 12.8. The molecule has 1 fully saturated rings. The maximum Gasteiger partial charge on any atom is 0.227 e. The maximum absolute atomic E-state index is 12.8. The molecule has 0 aliphatic heterocycles. The quantitative estimate of drug-likeness (QED) is 0.254. The SMILES string of the molecule is O=C(Nc1cncc(-c2ccc3[nH]nc(-c4nc5c(-c6cccnc6)ccnc5[nH]4)c3c2)c1)C1CCCCC1. The van der Waals surface area contributed by atoms with Gasteiger partial charge in [-0.15, -0.1) is 0 Å². The second kappa shape index (κ2) is 9.75. The van der Waals surface area contributed by atoms with E-state index in [4.69, 9.17) is 4.98 Å². The molecule has 6 aromatic rings. The number of aromatic amines is 2.